The summed E-state index contributed by atoms with van der Waals surface area (Å²) in [7, 11) is -2.58. The van der Waals surface area contributed by atoms with Crippen LogP contribution < -0.4 is 13.3 Å². The molecule has 0 aliphatic carbocycles. The number of hydrogen-bond acceptors (Lipinski definition) is 7. The Bertz CT molecular complexity index is 784. The van der Waals surface area contributed by atoms with Crippen LogP contribution in [0.5, 0.6) is 17.2 Å². The van der Waals surface area contributed by atoms with Gasteiger partial charge in [-0.2, -0.15) is 0 Å². The maximum absolute atomic E-state index is 6.36. The predicted octanol–water partition coefficient (Wildman–Crippen LogP) is 4.09. The van der Waals surface area contributed by atoms with Crippen molar-refractivity contribution in [2.24, 2.45) is 0 Å². The van der Waals surface area contributed by atoms with Crippen molar-refractivity contribution in [1.29, 1.82) is 0 Å². The van der Waals surface area contributed by atoms with Crippen LogP contribution in [0, 0.1) is 0 Å². The summed E-state index contributed by atoms with van der Waals surface area (Å²) in [5, 5.41) is 0. The molecular weight excluding hydrogens is 432 g/mol. The van der Waals surface area contributed by atoms with Crippen LogP contribution in [0.4, 0.5) is 0 Å². The summed E-state index contributed by atoms with van der Waals surface area (Å²) in [6.07, 6.45) is -0.0760. The zero-order valence-electron chi connectivity index (χ0n) is 17.7. The quantitative estimate of drug-likeness (QED) is 0.379. The summed E-state index contributed by atoms with van der Waals surface area (Å²) in [5.41, 5.74) is 0. The zero-order valence-corrected chi connectivity index (χ0v) is 19.7. The molecule has 0 amide bonds. The normalized spacial score (nSPS) is 11.7. The van der Waals surface area contributed by atoms with E-state index in [4.69, 9.17) is 31.0 Å². The number of rotatable bonds is 12. The molecule has 0 heterocycles. The van der Waals surface area contributed by atoms with Crippen molar-refractivity contribution in [1.82, 2.24) is 0 Å². The number of para-hydroxylation sites is 3. The average molecular weight is 459 g/mol. The number of benzene rings is 3. The molecule has 0 bridgehead atoms. The van der Waals surface area contributed by atoms with Gasteiger partial charge in [0, 0.05) is 21.3 Å². The fourth-order valence-electron chi connectivity index (χ4n) is 2.76. The minimum Gasteiger partial charge on any atom is -0.482 e. The molecule has 3 aromatic rings. The monoisotopic (exact) mass is 458 g/mol. The summed E-state index contributed by atoms with van der Waals surface area (Å²) in [4.78, 5) is 0. The fourth-order valence-corrected chi connectivity index (χ4v) is 6.81. The van der Waals surface area contributed by atoms with Crippen molar-refractivity contribution >= 4 is 17.9 Å². The molecule has 0 spiro atoms. The molecule has 0 aromatic heterocycles. The van der Waals surface area contributed by atoms with Gasteiger partial charge in [0.25, 0.3) is 0 Å². The second-order valence-electron chi connectivity index (χ2n) is 6.33. The Kier molecular flexibility index (Phi) is 8.23. The molecule has 164 valence electrons. The van der Waals surface area contributed by atoms with Crippen LogP contribution in [0.2, 0.25) is 0 Å². The van der Waals surface area contributed by atoms with Gasteiger partial charge in [0.1, 0.15) is 23.5 Å². The molecule has 3 aromatic carbocycles. The van der Waals surface area contributed by atoms with E-state index < -0.39 is 17.9 Å². The van der Waals surface area contributed by atoms with Gasteiger partial charge < -0.3 is 31.0 Å². The molecule has 0 saturated heterocycles. The minimum atomic E-state index is -3.60. The first kappa shape index (κ1) is 23.0. The molecule has 0 N–H and O–H groups in total. The second kappa shape index (κ2) is 11.1. The van der Waals surface area contributed by atoms with Gasteiger partial charge in [-0.3, -0.25) is 0 Å². The Morgan fingerprint density at radius 1 is 0.516 bits per heavy atom. The van der Waals surface area contributed by atoms with Gasteiger partial charge in [0.2, 0.25) is 0 Å². The molecule has 3 rings (SSSR count). The molecule has 9 heteroatoms. The van der Waals surface area contributed by atoms with Gasteiger partial charge in [-0.25, -0.2) is 0 Å². The van der Waals surface area contributed by atoms with Gasteiger partial charge in [0.05, 0.1) is 0 Å². The van der Waals surface area contributed by atoms with E-state index in [0.717, 1.165) is 0 Å². The van der Waals surface area contributed by atoms with Gasteiger partial charge in [-0.1, -0.05) is 54.6 Å². The molecule has 0 unspecified atom stereocenters. The van der Waals surface area contributed by atoms with Crippen LogP contribution >= 0.6 is 0 Å². The van der Waals surface area contributed by atoms with Gasteiger partial charge in [0.15, 0.2) is 0 Å². The van der Waals surface area contributed by atoms with Crippen LogP contribution in [0.25, 0.3) is 0 Å². The van der Waals surface area contributed by atoms with Crippen LogP contribution in [0.15, 0.2) is 91.0 Å². The third-order valence-corrected chi connectivity index (χ3v) is 8.65. The summed E-state index contributed by atoms with van der Waals surface area (Å²) in [6, 6.07) is 27.9. The molecule has 7 nitrogen and oxygen atoms in total. The fraction of sp³-hybridized carbons (Fsp3) is 0.182. The maximum atomic E-state index is 6.36. The predicted molar refractivity (Wildman–Crippen MR) is 120 cm³/mol. The van der Waals surface area contributed by atoms with Crippen molar-refractivity contribution in [3.8, 4) is 17.2 Å². The Morgan fingerprint density at radius 3 is 1.13 bits per heavy atom. The smallest absolute Gasteiger partial charge is 0.482 e. The third kappa shape index (κ3) is 6.41. The first-order valence-corrected chi connectivity index (χ1v) is 13.2. The second-order valence-corrected chi connectivity index (χ2v) is 11.1. The Balaban J connectivity index is 1.99. The summed E-state index contributed by atoms with van der Waals surface area (Å²) in [5.74, 6) is 1.76. The Labute approximate surface area is 184 Å². The van der Waals surface area contributed by atoms with Crippen molar-refractivity contribution in [2.45, 2.75) is 0 Å². The molecule has 31 heavy (non-hydrogen) atoms. The van der Waals surface area contributed by atoms with Crippen molar-refractivity contribution in [3.63, 3.8) is 0 Å². The van der Waals surface area contributed by atoms with E-state index in [1.807, 2.05) is 91.0 Å². The van der Waals surface area contributed by atoms with Crippen molar-refractivity contribution < 1.29 is 31.0 Å². The topological polar surface area (TPSA) is 64.6 Å². The lowest BCUT2D eigenvalue weighted by Crippen LogP contribution is -2.62. The SMILES string of the molecule is CO[Si](OC)(OC)OC[Si](Oc1ccccc1)(Oc1ccccc1)Oc1ccccc1. The van der Waals surface area contributed by atoms with Crippen LogP contribution in [0.1, 0.15) is 0 Å². The van der Waals surface area contributed by atoms with Crippen LogP contribution in [-0.4, -0.2) is 45.4 Å². The third-order valence-electron chi connectivity index (χ3n) is 4.23. The van der Waals surface area contributed by atoms with Gasteiger partial charge in [-0.05, 0) is 36.4 Å². The average Bonchev–Trinajstić information content (AvgIpc) is 2.82. The summed E-state index contributed by atoms with van der Waals surface area (Å²) in [6.45, 7) is 0. The summed E-state index contributed by atoms with van der Waals surface area (Å²) < 4.78 is 41.3. The van der Waals surface area contributed by atoms with E-state index in [2.05, 4.69) is 0 Å². The van der Waals surface area contributed by atoms with E-state index in [1.165, 1.54) is 21.3 Å². The largest absolute Gasteiger partial charge is 0.725 e. The van der Waals surface area contributed by atoms with E-state index in [0.29, 0.717) is 17.2 Å². The molecule has 0 fully saturated rings. The maximum Gasteiger partial charge on any atom is 0.725 e. The van der Waals surface area contributed by atoms with Crippen molar-refractivity contribution in [2.75, 3.05) is 27.6 Å². The Hall–Kier alpha value is -2.67. The highest BCUT2D eigenvalue weighted by Gasteiger charge is 2.55. The highest BCUT2D eigenvalue weighted by molar-refractivity contribution is 6.64. The molecule has 0 atom stereocenters. The minimum absolute atomic E-state index is 0.0760. The van der Waals surface area contributed by atoms with Crippen LogP contribution in [0.3, 0.4) is 0 Å². The zero-order chi connectivity index (χ0) is 22.0. The van der Waals surface area contributed by atoms with Gasteiger partial charge in [-0.15, -0.1) is 0 Å². The van der Waals surface area contributed by atoms with Gasteiger partial charge >= 0.3 is 17.9 Å². The highest BCUT2D eigenvalue weighted by Crippen LogP contribution is 2.25. The first-order chi connectivity index (χ1) is 15.1. The lowest BCUT2D eigenvalue weighted by Gasteiger charge is -2.32. The molecule has 0 aliphatic heterocycles. The molecule has 0 saturated carbocycles. The van der Waals surface area contributed by atoms with E-state index in [1.54, 1.807) is 0 Å². The van der Waals surface area contributed by atoms with Crippen LogP contribution in [-0.2, 0) is 17.7 Å². The van der Waals surface area contributed by atoms with E-state index in [-0.39, 0.29) is 6.23 Å². The highest BCUT2D eigenvalue weighted by atomic mass is 28.4. The molecule has 0 radical (unpaired) electrons. The van der Waals surface area contributed by atoms with E-state index >= 15 is 0 Å². The van der Waals surface area contributed by atoms with Crippen molar-refractivity contribution in [3.05, 3.63) is 91.0 Å². The Morgan fingerprint density at radius 2 is 0.839 bits per heavy atom. The number of hydrogen-bond donors (Lipinski definition) is 0. The molecular formula is C22H26O7Si2. The first-order valence-electron chi connectivity index (χ1n) is 9.64. The summed E-state index contributed by atoms with van der Waals surface area (Å²) >= 11 is 0. The van der Waals surface area contributed by atoms with E-state index in [9.17, 15) is 0 Å². The molecule has 0 aliphatic rings. The lowest BCUT2D eigenvalue weighted by molar-refractivity contribution is 0.00799. The lowest BCUT2D eigenvalue weighted by atomic mass is 10.3. The standard InChI is InChI=1S/C22H26O7Si2/c1-23-31(24-2,25-3)26-19-30(27-20-13-7-4-8-14-20,28-21-15-9-5-10-16-21)29-22-17-11-6-12-18-22/h4-18H,19H2,1-3H3.